The average molecular weight is 231 g/mol. The molecule has 0 amide bonds. The van der Waals surface area contributed by atoms with Gasteiger partial charge in [-0.05, 0) is 31.7 Å². The lowest BCUT2D eigenvalue weighted by Crippen LogP contribution is -2.33. The van der Waals surface area contributed by atoms with Crippen LogP contribution in [0.15, 0.2) is 0 Å². The van der Waals surface area contributed by atoms with Crippen molar-refractivity contribution in [3.8, 4) is 0 Å². The van der Waals surface area contributed by atoms with Gasteiger partial charge in [0.2, 0.25) is 0 Å². The van der Waals surface area contributed by atoms with Crippen LogP contribution in [-0.2, 0) is 9.47 Å². The summed E-state index contributed by atoms with van der Waals surface area (Å²) in [6, 6.07) is 0.632. The van der Waals surface area contributed by atoms with Crippen LogP contribution in [0.3, 0.4) is 0 Å². The monoisotopic (exact) mass is 231 g/mol. The Bertz CT molecular complexity index is 140. The summed E-state index contributed by atoms with van der Waals surface area (Å²) in [5.41, 5.74) is 0. The fourth-order valence-corrected chi connectivity index (χ4v) is 1.75. The molecule has 0 aliphatic carbocycles. The molecule has 0 rings (SSSR count). The van der Waals surface area contributed by atoms with Gasteiger partial charge in [-0.3, -0.25) is 0 Å². The molecule has 16 heavy (non-hydrogen) atoms. The standard InChI is InChI=1S/C13H29NO2/c1-5-14-13(12(2)3)8-6-10-16-11-7-9-15-4/h12-14H,5-11H2,1-4H3. The van der Waals surface area contributed by atoms with Crippen molar-refractivity contribution in [1.82, 2.24) is 5.32 Å². The summed E-state index contributed by atoms with van der Waals surface area (Å²) in [4.78, 5) is 0. The van der Waals surface area contributed by atoms with Crippen LogP contribution in [0.1, 0.15) is 40.0 Å². The van der Waals surface area contributed by atoms with Gasteiger partial charge >= 0.3 is 0 Å². The molecule has 3 nitrogen and oxygen atoms in total. The largest absolute Gasteiger partial charge is 0.385 e. The van der Waals surface area contributed by atoms with Crippen LogP contribution in [0.4, 0.5) is 0 Å². The molecule has 3 heteroatoms. The smallest absolute Gasteiger partial charge is 0.0487 e. The maximum atomic E-state index is 5.54. The molecule has 0 aromatic carbocycles. The number of rotatable bonds is 11. The molecule has 0 aromatic heterocycles. The molecule has 0 aliphatic heterocycles. The topological polar surface area (TPSA) is 30.5 Å². The lowest BCUT2D eigenvalue weighted by Gasteiger charge is -2.21. The van der Waals surface area contributed by atoms with Crippen LogP contribution in [0.25, 0.3) is 0 Å². The molecule has 0 fully saturated rings. The molecule has 1 atom stereocenters. The van der Waals surface area contributed by atoms with Crippen molar-refractivity contribution >= 4 is 0 Å². The van der Waals surface area contributed by atoms with E-state index in [0.717, 1.165) is 39.2 Å². The Labute approximate surface area is 101 Å². The van der Waals surface area contributed by atoms with Crippen molar-refractivity contribution in [1.29, 1.82) is 0 Å². The molecule has 0 spiro atoms. The minimum absolute atomic E-state index is 0.632. The van der Waals surface area contributed by atoms with E-state index in [1.54, 1.807) is 7.11 Å². The van der Waals surface area contributed by atoms with Crippen LogP contribution < -0.4 is 5.32 Å². The Hall–Kier alpha value is -0.120. The van der Waals surface area contributed by atoms with Crippen LogP contribution in [0.5, 0.6) is 0 Å². The van der Waals surface area contributed by atoms with E-state index < -0.39 is 0 Å². The van der Waals surface area contributed by atoms with E-state index in [1.807, 2.05) is 0 Å². The van der Waals surface area contributed by atoms with E-state index in [-0.39, 0.29) is 0 Å². The second-order valence-corrected chi connectivity index (χ2v) is 4.51. The van der Waals surface area contributed by atoms with Crippen molar-refractivity contribution in [2.24, 2.45) is 5.92 Å². The molecule has 0 aliphatic rings. The first-order valence-electron chi connectivity index (χ1n) is 6.52. The maximum absolute atomic E-state index is 5.54. The first kappa shape index (κ1) is 15.9. The Kier molecular flexibility index (Phi) is 11.3. The Balaban J connectivity index is 3.33. The second kappa shape index (κ2) is 11.4. The maximum Gasteiger partial charge on any atom is 0.0487 e. The summed E-state index contributed by atoms with van der Waals surface area (Å²) >= 11 is 0. The number of hydrogen-bond acceptors (Lipinski definition) is 3. The van der Waals surface area contributed by atoms with Gasteiger partial charge in [-0.15, -0.1) is 0 Å². The highest BCUT2D eigenvalue weighted by atomic mass is 16.5. The molecular weight excluding hydrogens is 202 g/mol. The summed E-state index contributed by atoms with van der Waals surface area (Å²) in [6.45, 7) is 10.2. The second-order valence-electron chi connectivity index (χ2n) is 4.51. The lowest BCUT2D eigenvalue weighted by atomic mass is 9.99. The SMILES string of the molecule is CCNC(CCCOCCCOC)C(C)C. The number of nitrogens with one attached hydrogen (secondary N) is 1. The molecule has 0 heterocycles. The van der Waals surface area contributed by atoms with Gasteiger partial charge in [0.25, 0.3) is 0 Å². The normalized spacial score (nSPS) is 13.3. The fourth-order valence-electron chi connectivity index (χ4n) is 1.75. The molecule has 98 valence electrons. The predicted octanol–water partition coefficient (Wildman–Crippen LogP) is 2.45. The summed E-state index contributed by atoms with van der Waals surface area (Å²) in [6.07, 6.45) is 3.34. The van der Waals surface area contributed by atoms with Gasteiger partial charge in [-0.1, -0.05) is 20.8 Å². The van der Waals surface area contributed by atoms with Crippen LogP contribution in [0, 0.1) is 5.92 Å². The zero-order chi connectivity index (χ0) is 12.2. The Morgan fingerprint density at radius 3 is 2.31 bits per heavy atom. The van der Waals surface area contributed by atoms with Gasteiger partial charge in [0.05, 0.1) is 0 Å². The van der Waals surface area contributed by atoms with Gasteiger partial charge in [0, 0.05) is 33.0 Å². The summed E-state index contributed by atoms with van der Waals surface area (Å²) in [5, 5.41) is 3.52. The van der Waals surface area contributed by atoms with E-state index in [1.165, 1.54) is 6.42 Å². The van der Waals surface area contributed by atoms with Crippen molar-refractivity contribution in [3.05, 3.63) is 0 Å². The third-order valence-corrected chi connectivity index (χ3v) is 2.71. The first-order valence-corrected chi connectivity index (χ1v) is 6.52. The van der Waals surface area contributed by atoms with E-state index in [0.29, 0.717) is 12.0 Å². The van der Waals surface area contributed by atoms with E-state index >= 15 is 0 Å². The number of hydrogen-bond donors (Lipinski definition) is 1. The lowest BCUT2D eigenvalue weighted by molar-refractivity contribution is 0.0981. The first-order chi connectivity index (χ1) is 7.72. The Morgan fingerprint density at radius 1 is 1.06 bits per heavy atom. The molecule has 1 N–H and O–H groups in total. The zero-order valence-corrected chi connectivity index (χ0v) is 11.4. The van der Waals surface area contributed by atoms with Crippen LogP contribution in [0.2, 0.25) is 0 Å². The molecule has 0 bridgehead atoms. The average Bonchev–Trinajstić information content (AvgIpc) is 2.26. The van der Waals surface area contributed by atoms with Gasteiger partial charge in [0.1, 0.15) is 0 Å². The highest BCUT2D eigenvalue weighted by molar-refractivity contribution is 4.69. The fraction of sp³-hybridized carbons (Fsp3) is 1.00. The van der Waals surface area contributed by atoms with E-state index in [4.69, 9.17) is 9.47 Å². The van der Waals surface area contributed by atoms with Crippen LogP contribution in [-0.4, -0.2) is 39.5 Å². The minimum Gasteiger partial charge on any atom is -0.385 e. The third kappa shape index (κ3) is 9.13. The van der Waals surface area contributed by atoms with E-state index in [2.05, 4.69) is 26.1 Å². The van der Waals surface area contributed by atoms with Crippen molar-refractivity contribution in [2.75, 3.05) is 33.5 Å². The van der Waals surface area contributed by atoms with Gasteiger partial charge in [-0.25, -0.2) is 0 Å². The third-order valence-electron chi connectivity index (χ3n) is 2.71. The predicted molar refractivity (Wildman–Crippen MR) is 68.8 cm³/mol. The van der Waals surface area contributed by atoms with Gasteiger partial charge < -0.3 is 14.8 Å². The Morgan fingerprint density at radius 2 is 1.75 bits per heavy atom. The zero-order valence-electron chi connectivity index (χ0n) is 11.4. The summed E-state index contributed by atoms with van der Waals surface area (Å²) in [7, 11) is 1.73. The van der Waals surface area contributed by atoms with Crippen molar-refractivity contribution in [2.45, 2.75) is 46.1 Å². The van der Waals surface area contributed by atoms with Crippen molar-refractivity contribution in [3.63, 3.8) is 0 Å². The summed E-state index contributed by atoms with van der Waals surface area (Å²) in [5.74, 6) is 0.702. The summed E-state index contributed by atoms with van der Waals surface area (Å²) < 4.78 is 10.5. The molecule has 0 radical (unpaired) electrons. The quantitative estimate of drug-likeness (QED) is 0.554. The van der Waals surface area contributed by atoms with Crippen molar-refractivity contribution < 1.29 is 9.47 Å². The highest BCUT2D eigenvalue weighted by Gasteiger charge is 2.10. The van der Waals surface area contributed by atoms with E-state index in [9.17, 15) is 0 Å². The molecule has 0 saturated heterocycles. The molecule has 0 aromatic rings. The molecule has 1 unspecified atom stereocenters. The van der Waals surface area contributed by atoms with Gasteiger partial charge in [0.15, 0.2) is 0 Å². The van der Waals surface area contributed by atoms with Crippen LogP contribution >= 0.6 is 0 Å². The molecular formula is C13H29NO2. The molecule has 0 saturated carbocycles. The minimum atomic E-state index is 0.632. The van der Waals surface area contributed by atoms with Gasteiger partial charge in [-0.2, -0.15) is 0 Å². The number of methoxy groups -OCH3 is 1. The highest BCUT2D eigenvalue weighted by Crippen LogP contribution is 2.08. The number of ether oxygens (including phenoxy) is 2.